The van der Waals surface area contributed by atoms with Crippen molar-refractivity contribution >= 4 is 23.1 Å². The van der Waals surface area contributed by atoms with E-state index in [1.807, 2.05) is 54.6 Å². The van der Waals surface area contributed by atoms with Gasteiger partial charge in [-0.1, -0.05) is 49.1 Å². The van der Waals surface area contributed by atoms with Gasteiger partial charge in [0.15, 0.2) is 0 Å². The normalized spacial score (nSPS) is 10.7. The molecule has 0 saturated carbocycles. The molecule has 0 aliphatic carbocycles. The summed E-state index contributed by atoms with van der Waals surface area (Å²) in [7, 11) is 0. The number of hydrogen-bond donors (Lipinski definition) is 0. The van der Waals surface area contributed by atoms with Crippen molar-refractivity contribution < 1.29 is 4.79 Å². The van der Waals surface area contributed by atoms with Crippen molar-refractivity contribution in [3.8, 4) is 16.9 Å². The Kier molecular flexibility index (Phi) is 4.22. The van der Waals surface area contributed by atoms with E-state index < -0.39 is 0 Å². The molecule has 0 radical (unpaired) electrons. The Hall–Kier alpha value is -3.79. The molecule has 0 fully saturated rings. The summed E-state index contributed by atoms with van der Waals surface area (Å²) in [4.78, 5) is 24.3. The van der Waals surface area contributed by atoms with E-state index >= 15 is 0 Å². The molecular weight excluding hydrogens is 336 g/mol. The topological polar surface area (TPSA) is 52.0 Å². The first-order chi connectivity index (χ1) is 13.2. The van der Waals surface area contributed by atoms with Gasteiger partial charge in [-0.05, 0) is 42.0 Å². The number of carbonyl (C=O) groups excluding carboxylic acids is 1. The summed E-state index contributed by atoms with van der Waals surface area (Å²) in [5.74, 6) is 0. The molecule has 1 aromatic heterocycles. The van der Waals surface area contributed by atoms with Crippen molar-refractivity contribution in [3.05, 3.63) is 101 Å². The Balaban J connectivity index is 2.10. The van der Waals surface area contributed by atoms with Crippen LogP contribution in [0.4, 0.5) is 0 Å². The monoisotopic (exact) mass is 352 g/mol. The molecule has 0 aliphatic heterocycles. The van der Waals surface area contributed by atoms with E-state index in [1.54, 1.807) is 24.3 Å². The van der Waals surface area contributed by atoms with Crippen LogP contribution >= 0.6 is 0 Å². The van der Waals surface area contributed by atoms with E-state index in [0.29, 0.717) is 22.3 Å². The van der Waals surface area contributed by atoms with E-state index in [1.165, 1.54) is 4.68 Å². The molecule has 0 N–H and O–H groups in total. The third kappa shape index (κ3) is 2.98. The van der Waals surface area contributed by atoms with E-state index in [-0.39, 0.29) is 5.56 Å². The van der Waals surface area contributed by atoms with Crippen LogP contribution in [-0.4, -0.2) is 16.1 Å². The lowest BCUT2D eigenvalue weighted by Gasteiger charge is -2.12. The molecule has 4 nitrogen and oxygen atoms in total. The molecule has 3 aromatic carbocycles. The SMILES string of the molecule is C=Cc1cc(C=O)cc(-c2nn(-c3ccccc3)c(=O)c3ccccc23)c1. The van der Waals surface area contributed by atoms with Crippen molar-refractivity contribution in [1.82, 2.24) is 9.78 Å². The van der Waals surface area contributed by atoms with Gasteiger partial charge in [-0.25, -0.2) is 0 Å². The smallest absolute Gasteiger partial charge is 0.279 e. The first kappa shape index (κ1) is 16.7. The number of aldehydes is 1. The molecule has 4 aromatic rings. The number of hydrogen-bond acceptors (Lipinski definition) is 3. The van der Waals surface area contributed by atoms with Gasteiger partial charge in [0.25, 0.3) is 5.56 Å². The average molecular weight is 352 g/mol. The van der Waals surface area contributed by atoms with Crippen LogP contribution < -0.4 is 5.56 Å². The van der Waals surface area contributed by atoms with Crippen LogP contribution in [0.5, 0.6) is 0 Å². The summed E-state index contributed by atoms with van der Waals surface area (Å²) >= 11 is 0. The summed E-state index contributed by atoms with van der Waals surface area (Å²) in [6.45, 7) is 3.79. The Bertz CT molecular complexity index is 1200. The van der Waals surface area contributed by atoms with Crippen LogP contribution in [0.25, 0.3) is 33.8 Å². The average Bonchev–Trinajstić information content (AvgIpc) is 2.74. The number of aromatic nitrogens is 2. The molecule has 0 aliphatic rings. The first-order valence-electron chi connectivity index (χ1n) is 8.52. The van der Waals surface area contributed by atoms with Crippen LogP contribution in [0.1, 0.15) is 15.9 Å². The van der Waals surface area contributed by atoms with Gasteiger partial charge in [0, 0.05) is 16.5 Å². The maximum Gasteiger partial charge on any atom is 0.279 e. The van der Waals surface area contributed by atoms with Gasteiger partial charge in [-0.15, -0.1) is 0 Å². The van der Waals surface area contributed by atoms with E-state index in [9.17, 15) is 9.59 Å². The Morgan fingerprint density at radius 2 is 1.52 bits per heavy atom. The Morgan fingerprint density at radius 3 is 2.22 bits per heavy atom. The minimum Gasteiger partial charge on any atom is -0.298 e. The number of fused-ring (bicyclic) bond motifs is 1. The van der Waals surface area contributed by atoms with Gasteiger partial charge in [-0.2, -0.15) is 9.78 Å². The molecule has 0 unspecified atom stereocenters. The van der Waals surface area contributed by atoms with Crippen LogP contribution in [0.15, 0.2) is 84.2 Å². The summed E-state index contributed by atoms with van der Waals surface area (Å²) in [5.41, 5.74) is 3.25. The molecule has 0 saturated heterocycles. The van der Waals surface area contributed by atoms with Gasteiger partial charge in [0.1, 0.15) is 6.29 Å². The van der Waals surface area contributed by atoms with Gasteiger partial charge in [-0.3, -0.25) is 9.59 Å². The van der Waals surface area contributed by atoms with Crippen molar-refractivity contribution in [3.63, 3.8) is 0 Å². The second-order valence-electron chi connectivity index (χ2n) is 6.16. The predicted octanol–water partition coefficient (Wildman–Crippen LogP) is 4.51. The lowest BCUT2D eigenvalue weighted by atomic mass is 10.0. The van der Waals surface area contributed by atoms with Crippen molar-refractivity contribution in [2.75, 3.05) is 0 Å². The zero-order valence-corrected chi connectivity index (χ0v) is 14.5. The molecule has 27 heavy (non-hydrogen) atoms. The highest BCUT2D eigenvalue weighted by atomic mass is 16.1. The van der Waals surface area contributed by atoms with E-state index in [2.05, 4.69) is 11.7 Å². The number of carbonyl (C=O) groups is 1. The zero-order chi connectivity index (χ0) is 18.8. The number of para-hydroxylation sites is 1. The van der Waals surface area contributed by atoms with Gasteiger partial charge >= 0.3 is 0 Å². The largest absolute Gasteiger partial charge is 0.298 e. The van der Waals surface area contributed by atoms with Gasteiger partial charge in [0.05, 0.1) is 16.8 Å². The molecule has 0 amide bonds. The molecule has 4 heteroatoms. The molecular formula is C23H16N2O2. The minimum absolute atomic E-state index is 0.184. The van der Waals surface area contributed by atoms with Crippen LogP contribution in [0.2, 0.25) is 0 Å². The van der Waals surface area contributed by atoms with Gasteiger partial charge < -0.3 is 0 Å². The molecule has 0 bridgehead atoms. The highest BCUT2D eigenvalue weighted by molar-refractivity contribution is 5.95. The third-order valence-corrected chi connectivity index (χ3v) is 4.43. The summed E-state index contributed by atoms with van der Waals surface area (Å²) in [6.07, 6.45) is 2.48. The van der Waals surface area contributed by atoms with Crippen LogP contribution in [0, 0.1) is 0 Å². The Labute approximate surface area is 156 Å². The quantitative estimate of drug-likeness (QED) is 0.508. The maximum atomic E-state index is 13.0. The van der Waals surface area contributed by atoms with Crippen LogP contribution in [0.3, 0.4) is 0 Å². The predicted molar refractivity (Wildman–Crippen MR) is 108 cm³/mol. The molecule has 4 rings (SSSR count). The Morgan fingerprint density at radius 1 is 0.852 bits per heavy atom. The summed E-state index contributed by atoms with van der Waals surface area (Å²) in [5, 5.41) is 5.96. The fraction of sp³-hybridized carbons (Fsp3) is 0. The summed E-state index contributed by atoms with van der Waals surface area (Å²) in [6, 6.07) is 22.1. The standard InChI is InChI=1S/C23H16N2O2/c1-2-16-12-17(15-26)14-18(13-16)22-20-10-6-7-11-21(20)23(27)25(24-22)19-8-4-3-5-9-19/h2-15H,1H2. The minimum atomic E-state index is -0.184. The number of benzene rings is 3. The number of rotatable bonds is 4. The molecule has 130 valence electrons. The third-order valence-electron chi connectivity index (χ3n) is 4.43. The molecule has 0 spiro atoms. The lowest BCUT2D eigenvalue weighted by Crippen LogP contribution is -2.22. The second kappa shape index (κ2) is 6.84. The van der Waals surface area contributed by atoms with E-state index in [0.717, 1.165) is 22.8 Å². The van der Waals surface area contributed by atoms with Crippen molar-refractivity contribution in [2.24, 2.45) is 0 Å². The fourth-order valence-corrected chi connectivity index (χ4v) is 3.15. The van der Waals surface area contributed by atoms with Crippen molar-refractivity contribution in [2.45, 2.75) is 0 Å². The fourth-order valence-electron chi connectivity index (χ4n) is 3.15. The first-order valence-corrected chi connectivity index (χ1v) is 8.52. The second-order valence-corrected chi connectivity index (χ2v) is 6.16. The highest BCUT2D eigenvalue weighted by Gasteiger charge is 2.14. The molecule has 0 atom stereocenters. The molecule has 1 heterocycles. The maximum absolute atomic E-state index is 13.0. The summed E-state index contributed by atoms with van der Waals surface area (Å²) < 4.78 is 1.40. The van der Waals surface area contributed by atoms with Crippen molar-refractivity contribution in [1.29, 1.82) is 0 Å². The lowest BCUT2D eigenvalue weighted by molar-refractivity contribution is 0.112. The zero-order valence-electron chi connectivity index (χ0n) is 14.5. The van der Waals surface area contributed by atoms with Gasteiger partial charge in [0.2, 0.25) is 0 Å². The van der Waals surface area contributed by atoms with Crippen LogP contribution in [-0.2, 0) is 0 Å². The van der Waals surface area contributed by atoms with E-state index in [4.69, 9.17) is 0 Å². The highest BCUT2D eigenvalue weighted by Crippen LogP contribution is 2.27. The number of nitrogens with zero attached hydrogens (tertiary/aromatic N) is 2.